The zero-order valence-corrected chi connectivity index (χ0v) is 10.1. The van der Waals surface area contributed by atoms with Crippen LogP contribution in [-0.4, -0.2) is 25.2 Å². The maximum atomic E-state index is 3.85. The predicted octanol–water partition coefficient (Wildman–Crippen LogP) is 2.30. The molecule has 88 valence electrons. The zero-order valence-electron chi connectivity index (χ0n) is 10.1. The minimum Gasteiger partial charge on any atom is -0.317 e. The topological polar surface area (TPSA) is 24.1 Å². The van der Waals surface area contributed by atoms with Gasteiger partial charge in [0, 0.05) is 12.1 Å². The highest BCUT2D eigenvalue weighted by Crippen LogP contribution is 2.26. The van der Waals surface area contributed by atoms with Crippen LogP contribution in [0.4, 0.5) is 0 Å². The van der Waals surface area contributed by atoms with Crippen molar-refractivity contribution >= 4 is 0 Å². The Hall–Kier alpha value is -0.0800. The average Bonchev–Trinajstić information content (AvgIpc) is 2.31. The molecule has 0 bridgehead atoms. The number of rotatable bonds is 3. The summed E-state index contributed by atoms with van der Waals surface area (Å²) in [7, 11) is 0. The van der Waals surface area contributed by atoms with E-state index in [2.05, 4.69) is 17.6 Å². The molecule has 2 aliphatic rings. The van der Waals surface area contributed by atoms with Gasteiger partial charge in [-0.2, -0.15) is 0 Å². The van der Waals surface area contributed by atoms with Crippen LogP contribution in [0.1, 0.15) is 51.9 Å². The summed E-state index contributed by atoms with van der Waals surface area (Å²) in [4.78, 5) is 0. The Labute approximate surface area is 94.2 Å². The largest absolute Gasteiger partial charge is 0.317 e. The molecule has 15 heavy (non-hydrogen) atoms. The van der Waals surface area contributed by atoms with Crippen molar-refractivity contribution in [1.82, 2.24) is 10.6 Å². The molecule has 0 aromatic heterocycles. The van der Waals surface area contributed by atoms with E-state index < -0.39 is 0 Å². The molecule has 2 rings (SSSR count). The molecule has 2 fully saturated rings. The first-order valence-corrected chi connectivity index (χ1v) is 6.83. The first kappa shape index (κ1) is 11.4. The van der Waals surface area contributed by atoms with Crippen molar-refractivity contribution in [2.45, 2.75) is 64.0 Å². The van der Waals surface area contributed by atoms with E-state index in [9.17, 15) is 0 Å². The van der Waals surface area contributed by atoms with Gasteiger partial charge in [-0.05, 0) is 51.6 Å². The lowest BCUT2D eigenvalue weighted by molar-refractivity contribution is 0.247. The molecule has 0 spiro atoms. The smallest absolute Gasteiger partial charge is 0.00938 e. The van der Waals surface area contributed by atoms with Gasteiger partial charge in [0.1, 0.15) is 0 Å². The molecule has 1 saturated heterocycles. The highest BCUT2D eigenvalue weighted by atomic mass is 15.0. The second kappa shape index (κ2) is 5.86. The van der Waals surface area contributed by atoms with Crippen LogP contribution in [0.5, 0.6) is 0 Å². The molecule has 2 nitrogen and oxygen atoms in total. The fourth-order valence-corrected chi connectivity index (χ4v) is 3.13. The highest BCUT2D eigenvalue weighted by molar-refractivity contribution is 4.82. The summed E-state index contributed by atoms with van der Waals surface area (Å²) < 4.78 is 0. The van der Waals surface area contributed by atoms with Crippen LogP contribution in [0.25, 0.3) is 0 Å². The van der Waals surface area contributed by atoms with Crippen LogP contribution in [0, 0.1) is 5.92 Å². The summed E-state index contributed by atoms with van der Waals surface area (Å²) >= 11 is 0. The first-order valence-electron chi connectivity index (χ1n) is 6.83. The van der Waals surface area contributed by atoms with Crippen LogP contribution in [0.2, 0.25) is 0 Å². The first-order chi connectivity index (χ1) is 7.36. The van der Waals surface area contributed by atoms with Crippen molar-refractivity contribution in [3.05, 3.63) is 0 Å². The average molecular weight is 210 g/mol. The van der Waals surface area contributed by atoms with Crippen LogP contribution < -0.4 is 10.6 Å². The van der Waals surface area contributed by atoms with Gasteiger partial charge in [0.2, 0.25) is 0 Å². The highest BCUT2D eigenvalue weighted by Gasteiger charge is 2.22. The fraction of sp³-hybridized carbons (Fsp3) is 1.00. The molecular formula is C13H26N2. The molecule has 0 unspecified atom stereocenters. The number of hydrogen-bond donors (Lipinski definition) is 2. The minimum absolute atomic E-state index is 0.744. The number of nitrogens with one attached hydrogen (secondary N) is 2. The van der Waals surface area contributed by atoms with Crippen molar-refractivity contribution < 1.29 is 0 Å². The Kier molecular flexibility index (Phi) is 4.45. The van der Waals surface area contributed by atoms with Crippen LogP contribution in [0.15, 0.2) is 0 Å². The molecule has 2 heteroatoms. The normalized spacial score (nSPS) is 27.8. The maximum absolute atomic E-state index is 3.85. The Morgan fingerprint density at radius 2 is 1.67 bits per heavy atom. The van der Waals surface area contributed by atoms with E-state index >= 15 is 0 Å². The van der Waals surface area contributed by atoms with Gasteiger partial charge in [0.15, 0.2) is 0 Å². The molecule has 1 aliphatic heterocycles. The third-order valence-corrected chi connectivity index (χ3v) is 4.19. The summed E-state index contributed by atoms with van der Waals surface area (Å²) in [6, 6.07) is 1.52. The number of piperidine rings is 1. The second-order valence-electron chi connectivity index (χ2n) is 5.38. The SMILES string of the molecule is C[C@@H](NC1CCNCC1)C1CCCCC1. The summed E-state index contributed by atoms with van der Waals surface area (Å²) in [5.74, 6) is 0.952. The lowest BCUT2D eigenvalue weighted by atomic mass is 9.84. The Morgan fingerprint density at radius 3 is 2.33 bits per heavy atom. The van der Waals surface area contributed by atoms with E-state index in [1.807, 2.05) is 0 Å². The standard InChI is InChI=1S/C13H26N2/c1-11(12-5-3-2-4-6-12)15-13-7-9-14-10-8-13/h11-15H,2-10H2,1H3/t11-/m1/s1. The molecule has 1 atom stereocenters. The molecule has 0 radical (unpaired) electrons. The summed E-state index contributed by atoms with van der Waals surface area (Å²) in [5.41, 5.74) is 0. The fourth-order valence-electron chi connectivity index (χ4n) is 3.13. The molecule has 1 heterocycles. The van der Waals surface area contributed by atoms with E-state index in [0.29, 0.717) is 0 Å². The monoisotopic (exact) mass is 210 g/mol. The molecule has 1 saturated carbocycles. The third-order valence-electron chi connectivity index (χ3n) is 4.19. The lowest BCUT2D eigenvalue weighted by Gasteiger charge is -2.33. The van der Waals surface area contributed by atoms with Crippen LogP contribution >= 0.6 is 0 Å². The van der Waals surface area contributed by atoms with Gasteiger partial charge in [0.05, 0.1) is 0 Å². The van der Waals surface area contributed by atoms with Gasteiger partial charge < -0.3 is 10.6 Å². The zero-order chi connectivity index (χ0) is 10.5. The van der Waals surface area contributed by atoms with Gasteiger partial charge in [-0.1, -0.05) is 19.3 Å². The van der Waals surface area contributed by atoms with Crippen molar-refractivity contribution in [1.29, 1.82) is 0 Å². The summed E-state index contributed by atoms with van der Waals surface area (Å²) in [5, 5.41) is 7.28. The van der Waals surface area contributed by atoms with Gasteiger partial charge >= 0.3 is 0 Å². The minimum atomic E-state index is 0.744. The molecular weight excluding hydrogens is 184 g/mol. The van der Waals surface area contributed by atoms with E-state index in [4.69, 9.17) is 0 Å². The van der Waals surface area contributed by atoms with Crippen LogP contribution in [-0.2, 0) is 0 Å². The summed E-state index contributed by atoms with van der Waals surface area (Å²) in [6.45, 7) is 4.81. The van der Waals surface area contributed by atoms with Gasteiger partial charge in [-0.25, -0.2) is 0 Å². The number of hydrogen-bond acceptors (Lipinski definition) is 2. The Balaban J connectivity index is 1.72. The molecule has 1 aliphatic carbocycles. The third kappa shape index (κ3) is 3.46. The quantitative estimate of drug-likeness (QED) is 0.747. The maximum Gasteiger partial charge on any atom is 0.00938 e. The van der Waals surface area contributed by atoms with E-state index in [-0.39, 0.29) is 0 Å². The van der Waals surface area contributed by atoms with Gasteiger partial charge in [0.25, 0.3) is 0 Å². The van der Waals surface area contributed by atoms with Gasteiger partial charge in [-0.3, -0.25) is 0 Å². The summed E-state index contributed by atoms with van der Waals surface area (Å²) in [6.07, 6.45) is 9.94. The van der Waals surface area contributed by atoms with Crippen molar-refractivity contribution in [2.75, 3.05) is 13.1 Å². The molecule has 0 aromatic carbocycles. The van der Waals surface area contributed by atoms with E-state index in [0.717, 1.165) is 18.0 Å². The lowest BCUT2D eigenvalue weighted by Crippen LogP contribution is -2.46. The Morgan fingerprint density at radius 1 is 1.00 bits per heavy atom. The molecule has 0 amide bonds. The van der Waals surface area contributed by atoms with Crippen molar-refractivity contribution in [2.24, 2.45) is 5.92 Å². The molecule has 2 N–H and O–H groups in total. The van der Waals surface area contributed by atoms with Crippen molar-refractivity contribution in [3.63, 3.8) is 0 Å². The van der Waals surface area contributed by atoms with Gasteiger partial charge in [-0.15, -0.1) is 0 Å². The van der Waals surface area contributed by atoms with E-state index in [1.54, 1.807) is 0 Å². The second-order valence-corrected chi connectivity index (χ2v) is 5.38. The Bertz CT molecular complexity index is 169. The predicted molar refractivity (Wildman–Crippen MR) is 65.1 cm³/mol. The van der Waals surface area contributed by atoms with Crippen molar-refractivity contribution in [3.8, 4) is 0 Å². The molecule has 0 aromatic rings. The van der Waals surface area contributed by atoms with E-state index in [1.165, 1.54) is 58.0 Å². The van der Waals surface area contributed by atoms with Crippen LogP contribution in [0.3, 0.4) is 0 Å².